The molecule has 0 spiro atoms. The number of amides is 2. The Morgan fingerprint density at radius 2 is 1.55 bits per heavy atom. The molecule has 1 aliphatic rings. The first kappa shape index (κ1) is 20.3. The summed E-state index contributed by atoms with van der Waals surface area (Å²) < 4.78 is 16.1. The number of hydrogen-bond donors (Lipinski definition) is 1. The van der Waals surface area contributed by atoms with E-state index in [1.54, 1.807) is 57.4 Å². The lowest BCUT2D eigenvalue weighted by Gasteiger charge is -2.19. The Kier molecular flexibility index (Phi) is 5.77. The van der Waals surface area contributed by atoms with Crippen LogP contribution in [0.1, 0.15) is 19.4 Å². The smallest absolute Gasteiger partial charge is 0.278 e. The molecule has 0 atom stereocenters. The van der Waals surface area contributed by atoms with E-state index in [4.69, 9.17) is 14.2 Å². The predicted molar refractivity (Wildman–Crippen MR) is 110 cm³/mol. The van der Waals surface area contributed by atoms with Crippen LogP contribution < -0.4 is 19.5 Å². The summed E-state index contributed by atoms with van der Waals surface area (Å²) in [5, 5.41) is 3.11. The molecule has 0 bridgehead atoms. The van der Waals surface area contributed by atoms with E-state index in [2.05, 4.69) is 5.32 Å². The maximum absolute atomic E-state index is 13.2. The van der Waals surface area contributed by atoms with Crippen LogP contribution in [0.3, 0.4) is 0 Å². The molecule has 0 aliphatic carbocycles. The Bertz CT molecular complexity index is 981. The van der Waals surface area contributed by atoms with Crippen molar-refractivity contribution in [3.63, 3.8) is 0 Å². The Morgan fingerprint density at radius 3 is 2.17 bits per heavy atom. The van der Waals surface area contributed by atoms with Crippen LogP contribution in [0.4, 0.5) is 5.69 Å². The number of methoxy groups -OCH3 is 3. The van der Waals surface area contributed by atoms with Crippen molar-refractivity contribution in [1.82, 2.24) is 4.90 Å². The third kappa shape index (κ3) is 3.63. The van der Waals surface area contributed by atoms with Gasteiger partial charge in [-0.05, 0) is 32.0 Å². The predicted octanol–water partition coefficient (Wildman–Crippen LogP) is 3.31. The Hall–Kier alpha value is -3.48. The van der Waals surface area contributed by atoms with Gasteiger partial charge < -0.3 is 19.5 Å². The zero-order chi connectivity index (χ0) is 21.1. The molecule has 29 heavy (non-hydrogen) atoms. The molecule has 2 aromatic carbocycles. The van der Waals surface area contributed by atoms with Gasteiger partial charge in [0.05, 0.1) is 32.6 Å². The van der Waals surface area contributed by atoms with Crippen LogP contribution in [0.5, 0.6) is 17.2 Å². The average Bonchev–Trinajstić information content (AvgIpc) is 2.97. The molecular weight excluding hydrogens is 372 g/mol. The zero-order valence-electron chi connectivity index (χ0n) is 17.1. The minimum Gasteiger partial charge on any atom is -0.497 e. The highest BCUT2D eigenvalue weighted by Crippen LogP contribution is 2.38. The van der Waals surface area contributed by atoms with Gasteiger partial charge in [-0.25, -0.2) is 0 Å². The van der Waals surface area contributed by atoms with E-state index in [1.165, 1.54) is 19.1 Å². The molecule has 7 nitrogen and oxygen atoms in total. The largest absolute Gasteiger partial charge is 0.497 e. The molecule has 1 aliphatic heterocycles. The van der Waals surface area contributed by atoms with Gasteiger partial charge in [0.2, 0.25) is 0 Å². The van der Waals surface area contributed by atoms with E-state index in [0.717, 1.165) is 0 Å². The fourth-order valence-corrected chi connectivity index (χ4v) is 3.28. The summed E-state index contributed by atoms with van der Waals surface area (Å²) in [7, 11) is 4.61. The van der Waals surface area contributed by atoms with E-state index >= 15 is 0 Å². The summed E-state index contributed by atoms with van der Waals surface area (Å²) in [5.74, 6) is 0.826. The van der Waals surface area contributed by atoms with Gasteiger partial charge in [-0.2, -0.15) is 0 Å². The number of carbonyl (C=O) groups excluding carboxylic acids is 2. The molecule has 0 fully saturated rings. The third-order valence-electron chi connectivity index (χ3n) is 4.67. The maximum atomic E-state index is 13.2. The highest BCUT2D eigenvalue weighted by atomic mass is 16.5. The first-order valence-electron chi connectivity index (χ1n) is 9.17. The van der Waals surface area contributed by atoms with Crippen LogP contribution in [-0.2, 0) is 9.59 Å². The minimum atomic E-state index is -0.407. The van der Waals surface area contributed by atoms with Gasteiger partial charge >= 0.3 is 0 Å². The standard InChI is InChI=1S/C22H24N2O5/c1-13(2)24-21(25)19(15-8-6-7-9-17(15)28-4)20(22(24)26)23-16-12-14(27-3)10-11-18(16)29-5/h6-13,23H,1-5H3. The molecule has 3 rings (SSSR count). The Morgan fingerprint density at radius 1 is 0.862 bits per heavy atom. The summed E-state index contributed by atoms with van der Waals surface area (Å²) in [6, 6.07) is 12.0. The van der Waals surface area contributed by atoms with E-state index < -0.39 is 5.91 Å². The van der Waals surface area contributed by atoms with Crippen LogP contribution in [0.15, 0.2) is 48.2 Å². The van der Waals surface area contributed by atoms with Crippen LogP contribution in [0.25, 0.3) is 5.57 Å². The number of carbonyl (C=O) groups is 2. The molecule has 0 unspecified atom stereocenters. The van der Waals surface area contributed by atoms with Gasteiger partial charge in [0.25, 0.3) is 11.8 Å². The van der Waals surface area contributed by atoms with Gasteiger partial charge in [0, 0.05) is 17.7 Å². The summed E-state index contributed by atoms with van der Waals surface area (Å²) in [6.45, 7) is 3.59. The molecule has 7 heteroatoms. The van der Waals surface area contributed by atoms with Gasteiger partial charge in [0.15, 0.2) is 0 Å². The van der Waals surface area contributed by atoms with Gasteiger partial charge in [-0.3, -0.25) is 14.5 Å². The third-order valence-corrected chi connectivity index (χ3v) is 4.67. The molecule has 0 radical (unpaired) electrons. The summed E-state index contributed by atoms with van der Waals surface area (Å²) in [4.78, 5) is 27.6. The van der Waals surface area contributed by atoms with Crippen LogP contribution in [0, 0.1) is 0 Å². The Balaban J connectivity index is 2.19. The van der Waals surface area contributed by atoms with Crippen LogP contribution >= 0.6 is 0 Å². The number of nitrogens with zero attached hydrogens (tertiary/aromatic N) is 1. The topological polar surface area (TPSA) is 77.1 Å². The number of rotatable bonds is 7. The number of para-hydroxylation sites is 1. The average molecular weight is 396 g/mol. The second-order valence-corrected chi connectivity index (χ2v) is 6.72. The van der Waals surface area contributed by atoms with Crippen LogP contribution in [0.2, 0.25) is 0 Å². The number of nitrogens with one attached hydrogen (secondary N) is 1. The molecule has 2 aromatic rings. The van der Waals surface area contributed by atoms with E-state index in [-0.39, 0.29) is 23.2 Å². The quantitative estimate of drug-likeness (QED) is 0.724. The molecule has 1 heterocycles. The lowest BCUT2D eigenvalue weighted by atomic mass is 10.0. The van der Waals surface area contributed by atoms with Crippen molar-refractivity contribution in [2.45, 2.75) is 19.9 Å². The Labute approximate surface area is 169 Å². The highest BCUT2D eigenvalue weighted by Gasteiger charge is 2.41. The zero-order valence-corrected chi connectivity index (χ0v) is 17.1. The normalized spacial score (nSPS) is 13.9. The summed E-state index contributed by atoms with van der Waals surface area (Å²) in [6.07, 6.45) is 0. The number of ether oxygens (including phenoxy) is 3. The number of anilines is 1. The van der Waals surface area contributed by atoms with Crippen LogP contribution in [-0.4, -0.2) is 44.1 Å². The molecule has 152 valence electrons. The van der Waals surface area contributed by atoms with E-state index in [9.17, 15) is 9.59 Å². The second kappa shape index (κ2) is 8.26. The molecule has 0 saturated carbocycles. The van der Waals surface area contributed by atoms with Gasteiger partial charge in [0.1, 0.15) is 22.9 Å². The molecule has 0 aromatic heterocycles. The van der Waals surface area contributed by atoms with E-state index in [0.29, 0.717) is 28.5 Å². The lowest BCUT2D eigenvalue weighted by molar-refractivity contribution is -0.138. The minimum absolute atomic E-state index is 0.166. The monoisotopic (exact) mass is 396 g/mol. The molecule has 2 amide bonds. The lowest BCUT2D eigenvalue weighted by Crippen LogP contribution is -2.38. The fraction of sp³-hybridized carbons (Fsp3) is 0.273. The van der Waals surface area contributed by atoms with E-state index in [1.807, 2.05) is 6.07 Å². The number of hydrogen-bond acceptors (Lipinski definition) is 6. The first-order chi connectivity index (χ1) is 13.9. The van der Waals surface area contributed by atoms with Crippen molar-refractivity contribution in [2.24, 2.45) is 0 Å². The van der Waals surface area contributed by atoms with Gasteiger partial charge in [-0.1, -0.05) is 18.2 Å². The summed E-state index contributed by atoms with van der Waals surface area (Å²) in [5.41, 5.74) is 1.48. The number of benzene rings is 2. The number of imide groups is 1. The second-order valence-electron chi connectivity index (χ2n) is 6.72. The van der Waals surface area contributed by atoms with Crippen molar-refractivity contribution in [1.29, 1.82) is 0 Å². The highest BCUT2D eigenvalue weighted by molar-refractivity contribution is 6.37. The molecule has 0 saturated heterocycles. The van der Waals surface area contributed by atoms with Crippen molar-refractivity contribution in [3.8, 4) is 17.2 Å². The first-order valence-corrected chi connectivity index (χ1v) is 9.17. The van der Waals surface area contributed by atoms with Crippen molar-refractivity contribution in [2.75, 3.05) is 26.6 Å². The SMILES string of the molecule is COc1ccc(OC)c(NC2=C(c3ccccc3OC)C(=O)N(C(C)C)C2=O)c1. The van der Waals surface area contributed by atoms with Gasteiger partial charge in [-0.15, -0.1) is 0 Å². The molecule has 1 N–H and O–H groups in total. The van der Waals surface area contributed by atoms with Crippen molar-refractivity contribution in [3.05, 3.63) is 53.7 Å². The maximum Gasteiger partial charge on any atom is 0.278 e. The van der Waals surface area contributed by atoms with Crippen molar-refractivity contribution >= 4 is 23.1 Å². The van der Waals surface area contributed by atoms with Crippen molar-refractivity contribution < 1.29 is 23.8 Å². The summed E-state index contributed by atoms with van der Waals surface area (Å²) >= 11 is 0. The fourth-order valence-electron chi connectivity index (χ4n) is 3.28. The molecular formula is C22H24N2O5.